The quantitative estimate of drug-likeness (QED) is 0.548. The van der Waals surface area contributed by atoms with Gasteiger partial charge in [0.1, 0.15) is 5.82 Å². The summed E-state index contributed by atoms with van der Waals surface area (Å²) in [4.78, 5) is 18.8. The molecule has 0 radical (unpaired) electrons. The molecule has 0 unspecified atom stereocenters. The molecule has 1 saturated heterocycles. The molecular weight excluding hydrogens is 395 g/mol. The number of likely N-dealkylation sites (tertiary alicyclic amines) is 1. The fourth-order valence-electron chi connectivity index (χ4n) is 4.50. The van der Waals surface area contributed by atoms with E-state index in [-0.39, 0.29) is 23.6 Å². The van der Waals surface area contributed by atoms with Gasteiger partial charge in [0, 0.05) is 49.4 Å². The summed E-state index contributed by atoms with van der Waals surface area (Å²) in [5.74, 6) is 0.976. The Kier molecular flexibility index (Phi) is 7.70. The van der Waals surface area contributed by atoms with Crippen molar-refractivity contribution in [1.82, 2.24) is 9.80 Å². The number of nitrogens with zero attached hydrogens (tertiary/aromatic N) is 2. The number of carbonyl (C=O) groups is 1. The molecule has 0 aliphatic carbocycles. The van der Waals surface area contributed by atoms with Gasteiger partial charge in [-0.1, -0.05) is 39.8 Å². The number of benzene rings is 1. The van der Waals surface area contributed by atoms with Crippen LogP contribution in [0.25, 0.3) is 0 Å². The molecule has 3 nitrogen and oxygen atoms in total. The molecule has 0 bridgehead atoms. The van der Waals surface area contributed by atoms with Gasteiger partial charge in [0.2, 0.25) is 5.91 Å². The lowest BCUT2D eigenvalue weighted by molar-refractivity contribution is -0.135. The average Bonchev–Trinajstić information content (AvgIpc) is 3.26. The van der Waals surface area contributed by atoms with Crippen LogP contribution in [0, 0.1) is 30.5 Å². The van der Waals surface area contributed by atoms with Crippen molar-refractivity contribution in [2.45, 2.75) is 47.1 Å². The van der Waals surface area contributed by atoms with Crippen LogP contribution in [0.2, 0.25) is 0 Å². The van der Waals surface area contributed by atoms with Crippen molar-refractivity contribution in [3.8, 4) is 0 Å². The van der Waals surface area contributed by atoms with Crippen LogP contribution in [0.3, 0.4) is 0 Å². The predicted molar refractivity (Wildman–Crippen MR) is 123 cm³/mol. The van der Waals surface area contributed by atoms with E-state index in [1.807, 2.05) is 24.8 Å². The monoisotopic (exact) mass is 430 g/mol. The molecule has 0 saturated carbocycles. The minimum Gasteiger partial charge on any atom is -0.342 e. The highest BCUT2D eigenvalue weighted by Crippen LogP contribution is 2.35. The second kappa shape index (κ2) is 10.1. The van der Waals surface area contributed by atoms with Crippen LogP contribution in [0.4, 0.5) is 4.39 Å². The van der Waals surface area contributed by atoms with Gasteiger partial charge in [-0.05, 0) is 53.5 Å². The molecule has 1 aromatic heterocycles. The number of amides is 1. The minimum atomic E-state index is -0.184. The Labute approximate surface area is 184 Å². The van der Waals surface area contributed by atoms with E-state index in [2.05, 4.69) is 37.1 Å². The second-order valence-corrected chi connectivity index (χ2v) is 10.4. The average molecular weight is 431 g/mol. The van der Waals surface area contributed by atoms with Crippen LogP contribution in [-0.4, -0.2) is 41.9 Å². The Bertz CT molecular complexity index is 847. The van der Waals surface area contributed by atoms with Gasteiger partial charge < -0.3 is 4.90 Å². The van der Waals surface area contributed by atoms with Gasteiger partial charge in [0.15, 0.2) is 0 Å². The van der Waals surface area contributed by atoms with Crippen molar-refractivity contribution < 1.29 is 9.18 Å². The van der Waals surface area contributed by atoms with E-state index >= 15 is 0 Å². The Hall–Kier alpha value is -1.72. The molecule has 1 fully saturated rings. The molecule has 30 heavy (non-hydrogen) atoms. The summed E-state index contributed by atoms with van der Waals surface area (Å²) in [5, 5.41) is 2.15. The first-order valence-corrected chi connectivity index (χ1v) is 11.9. The van der Waals surface area contributed by atoms with E-state index in [4.69, 9.17) is 0 Å². The summed E-state index contributed by atoms with van der Waals surface area (Å²) in [6, 6.07) is 9.20. The summed E-state index contributed by atoms with van der Waals surface area (Å²) >= 11 is 1.80. The Morgan fingerprint density at radius 1 is 1.23 bits per heavy atom. The molecule has 5 heteroatoms. The van der Waals surface area contributed by atoms with Crippen LogP contribution in [-0.2, 0) is 11.3 Å². The maximum atomic E-state index is 14.0. The molecule has 1 amide bonds. The van der Waals surface area contributed by atoms with Crippen molar-refractivity contribution >= 4 is 17.2 Å². The number of carbonyl (C=O) groups excluding carboxylic acids is 1. The zero-order valence-electron chi connectivity index (χ0n) is 18.9. The van der Waals surface area contributed by atoms with E-state index in [0.29, 0.717) is 11.8 Å². The Balaban J connectivity index is 1.83. The predicted octanol–water partition coefficient (Wildman–Crippen LogP) is 5.55. The summed E-state index contributed by atoms with van der Waals surface area (Å²) in [5.41, 5.74) is 2.38. The first-order valence-electron chi connectivity index (χ1n) is 11.0. The van der Waals surface area contributed by atoms with Gasteiger partial charge in [-0.3, -0.25) is 9.69 Å². The highest BCUT2D eigenvalue weighted by molar-refractivity contribution is 7.10. The lowest BCUT2D eigenvalue weighted by atomic mass is 9.88. The molecule has 3 rings (SSSR count). The van der Waals surface area contributed by atoms with E-state index in [1.165, 1.54) is 16.5 Å². The molecular formula is C25H35FN2OS. The van der Waals surface area contributed by atoms with Crippen molar-refractivity contribution in [1.29, 1.82) is 0 Å². The van der Waals surface area contributed by atoms with Crippen molar-refractivity contribution in [3.05, 3.63) is 57.5 Å². The van der Waals surface area contributed by atoms with Gasteiger partial charge >= 0.3 is 0 Å². The largest absolute Gasteiger partial charge is 0.342 e. The number of halogens is 1. The third-order valence-electron chi connectivity index (χ3n) is 5.97. The molecule has 2 heterocycles. The Morgan fingerprint density at radius 2 is 2.00 bits per heavy atom. The first kappa shape index (κ1) is 23.0. The summed E-state index contributed by atoms with van der Waals surface area (Å²) in [7, 11) is 0. The Morgan fingerprint density at radius 3 is 2.60 bits per heavy atom. The molecule has 0 N–H and O–H groups in total. The number of hydrogen-bond acceptors (Lipinski definition) is 3. The van der Waals surface area contributed by atoms with E-state index in [0.717, 1.165) is 38.3 Å². The lowest BCUT2D eigenvalue weighted by Crippen LogP contribution is -2.41. The van der Waals surface area contributed by atoms with Crippen molar-refractivity contribution in [2.24, 2.45) is 17.8 Å². The molecule has 2 aromatic rings. The van der Waals surface area contributed by atoms with Crippen LogP contribution >= 0.6 is 11.3 Å². The number of rotatable bonds is 8. The van der Waals surface area contributed by atoms with Gasteiger partial charge in [0.05, 0.1) is 0 Å². The van der Waals surface area contributed by atoms with Crippen LogP contribution in [0.1, 0.15) is 49.6 Å². The first-order chi connectivity index (χ1) is 14.2. The smallest absolute Gasteiger partial charge is 0.225 e. The molecule has 1 aliphatic heterocycles. The maximum Gasteiger partial charge on any atom is 0.225 e. The van der Waals surface area contributed by atoms with Gasteiger partial charge in [-0.25, -0.2) is 4.39 Å². The molecule has 1 aliphatic rings. The van der Waals surface area contributed by atoms with Crippen LogP contribution < -0.4 is 0 Å². The van der Waals surface area contributed by atoms with Crippen molar-refractivity contribution in [2.75, 3.05) is 26.2 Å². The molecule has 1 aromatic carbocycles. The van der Waals surface area contributed by atoms with Crippen LogP contribution in [0.15, 0.2) is 35.7 Å². The lowest BCUT2D eigenvalue weighted by Gasteiger charge is -2.31. The standard InChI is InChI=1S/C25H35FN2OS/c1-17(2)12-28(25(29)18(3)4)14-21-13-27(16-24-19(5)9-10-30-24)15-23(21)20-7-6-8-22(26)11-20/h6-11,17-18,21,23H,12-16H2,1-5H3/t21-,23-/m0/s1. The topological polar surface area (TPSA) is 23.6 Å². The highest BCUT2D eigenvalue weighted by atomic mass is 32.1. The summed E-state index contributed by atoms with van der Waals surface area (Å²) in [6.45, 7) is 14.7. The zero-order valence-corrected chi connectivity index (χ0v) is 19.7. The number of hydrogen-bond donors (Lipinski definition) is 0. The number of thiophene rings is 1. The fraction of sp³-hybridized carbons (Fsp3) is 0.560. The van der Waals surface area contributed by atoms with E-state index in [9.17, 15) is 9.18 Å². The van der Waals surface area contributed by atoms with Gasteiger partial charge in [-0.2, -0.15) is 0 Å². The van der Waals surface area contributed by atoms with Gasteiger partial charge in [-0.15, -0.1) is 11.3 Å². The fourth-order valence-corrected chi connectivity index (χ4v) is 5.45. The van der Waals surface area contributed by atoms with E-state index < -0.39 is 0 Å². The highest BCUT2D eigenvalue weighted by Gasteiger charge is 2.36. The minimum absolute atomic E-state index is 0.0114. The van der Waals surface area contributed by atoms with E-state index in [1.54, 1.807) is 23.5 Å². The maximum absolute atomic E-state index is 14.0. The second-order valence-electron chi connectivity index (χ2n) is 9.43. The normalized spacial score (nSPS) is 19.7. The molecule has 2 atom stereocenters. The SMILES string of the molecule is Cc1ccsc1CN1C[C@@H](CN(CC(C)C)C(=O)C(C)C)[C@H](c2cccc(F)c2)C1. The third-order valence-corrected chi connectivity index (χ3v) is 6.98. The van der Waals surface area contributed by atoms with Crippen LogP contribution in [0.5, 0.6) is 0 Å². The van der Waals surface area contributed by atoms with Gasteiger partial charge in [0.25, 0.3) is 0 Å². The zero-order chi connectivity index (χ0) is 21.8. The third kappa shape index (κ3) is 5.70. The summed E-state index contributed by atoms with van der Waals surface area (Å²) in [6.07, 6.45) is 0. The molecule has 0 spiro atoms. The molecule has 164 valence electrons. The summed E-state index contributed by atoms with van der Waals surface area (Å²) < 4.78 is 14.0. The van der Waals surface area contributed by atoms with Crippen molar-refractivity contribution in [3.63, 3.8) is 0 Å². The number of aryl methyl sites for hydroxylation is 1.